The van der Waals surface area contributed by atoms with Gasteiger partial charge in [-0.2, -0.15) is 0 Å². The van der Waals surface area contributed by atoms with E-state index in [1.807, 2.05) is 4.90 Å². The molecule has 1 aliphatic heterocycles. The molecule has 1 aromatic rings. The van der Waals surface area contributed by atoms with Crippen molar-refractivity contribution in [1.29, 1.82) is 0 Å². The predicted molar refractivity (Wildman–Crippen MR) is 80.1 cm³/mol. The first kappa shape index (κ1) is 15.9. The topological polar surface area (TPSA) is 89.8 Å². The zero-order chi connectivity index (χ0) is 16.3. The van der Waals surface area contributed by atoms with E-state index in [1.54, 1.807) is 6.07 Å². The summed E-state index contributed by atoms with van der Waals surface area (Å²) >= 11 is 0. The average molecular weight is 306 g/mol. The lowest BCUT2D eigenvalue weighted by Gasteiger charge is -2.18. The van der Waals surface area contributed by atoms with Gasteiger partial charge in [0.25, 0.3) is 5.69 Å². The third kappa shape index (κ3) is 3.41. The summed E-state index contributed by atoms with van der Waals surface area (Å²) in [5, 5.41) is 11.3. The molecule has 2 rings (SSSR count). The monoisotopic (exact) mass is 306 g/mol. The zero-order valence-electron chi connectivity index (χ0n) is 12.6. The van der Waals surface area contributed by atoms with E-state index >= 15 is 0 Å². The van der Waals surface area contributed by atoms with Crippen LogP contribution in [0.1, 0.15) is 37.0 Å². The van der Waals surface area contributed by atoms with E-state index in [4.69, 9.17) is 4.74 Å². The number of ether oxygens (including phenoxy) is 1. The molecule has 1 saturated heterocycles. The number of nitrogens with zero attached hydrogens (tertiary/aromatic N) is 2. The van der Waals surface area contributed by atoms with Gasteiger partial charge in [-0.1, -0.05) is 0 Å². The average Bonchev–Trinajstić information content (AvgIpc) is 3.00. The number of carbonyl (C=O) groups excluding carboxylic acids is 2. The molecule has 0 saturated carbocycles. The van der Waals surface area contributed by atoms with Gasteiger partial charge in [-0.05, 0) is 38.8 Å². The Labute approximate surface area is 128 Å². The minimum absolute atomic E-state index is 0.0720. The smallest absolute Gasteiger partial charge is 0.339 e. The standard InChI is InChI=1S/C15H18N2O5/c1-10(18)11(2)22-15(19)12-5-6-13(14(9-12)17(20)21)16-7-3-4-8-16/h5-6,9,11H,3-4,7-8H2,1-2H3/t11-/m1/s1. The van der Waals surface area contributed by atoms with Crippen molar-refractivity contribution < 1.29 is 19.2 Å². The van der Waals surface area contributed by atoms with Crippen molar-refractivity contribution in [2.75, 3.05) is 18.0 Å². The Morgan fingerprint density at radius 3 is 2.50 bits per heavy atom. The van der Waals surface area contributed by atoms with E-state index in [1.165, 1.54) is 26.0 Å². The highest BCUT2D eigenvalue weighted by atomic mass is 16.6. The largest absolute Gasteiger partial charge is 0.451 e. The van der Waals surface area contributed by atoms with Crippen molar-refractivity contribution in [2.45, 2.75) is 32.8 Å². The molecule has 22 heavy (non-hydrogen) atoms. The van der Waals surface area contributed by atoms with Gasteiger partial charge < -0.3 is 9.64 Å². The lowest BCUT2D eigenvalue weighted by molar-refractivity contribution is -0.384. The summed E-state index contributed by atoms with van der Waals surface area (Å²) in [5.74, 6) is -1.02. The molecule has 0 bridgehead atoms. The normalized spacial score (nSPS) is 15.5. The second-order valence-electron chi connectivity index (χ2n) is 5.31. The van der Waals surface area contributed by atoms with Gasteiger partial charge in [0.15, 0.2) is 11.9 Å². The molecule has 1 aromatic carbocycles. The summed E-state index contributed by atoms with van der Waals surface area (Å²) in [5.41, 5.74) is 0.466. The van der Waals surface area contributed by atoms with Crippen LogP contribution < -0.4 is 4.90 Å². The van der Waals surface area contributed by atoms with Crippen LogP contribution in [-0.4, -0.2) is 35.9 Å². The van der Waals surface area contributed by atoms with Gasteiger partial charge in [0.05, 0.1) is 10.5 Å². The number of nitro benzene ring substituents is 1. The fraction of sp³-hybridized carbons (Fsp3) is 0.467. The van der Waals surface area contributed by atoms with E-state index in [9.17, 15) is 19.7 Å². The molecule has 1 heterocycles. The van der Waals surface area contributed by atoms with Crippen molar-refractivity contribution >= 4 is 23.1 Å². The van der Waals surface area contributed by atoms with E-state index in [0.29, 0.717) is 5.69 Å². The van der Waals surface area contributed by atoms with Crippen molar-refractivity contribution in [1.82, 2.24) is 0 Å². The van der Waals surface area contributed by atoms with Crippen LogP contribution in [0.2, 0.25) is 0 Å². The van der Waals surface area contributed by atoms with Gasteiger partial charge in [0.1, 0.15) is 5.69 Å². The van der Waals surface area contributed by atoms with Gasteiger partial charge in [-0.15, -0.1) is 0 Å². The summed E-state index contributed by atoms with van der Waals surface area (Å²) in [6.45, 7) is 4.32. The molecule has 0 aromatic heterocycles. The fourth-order valence-corrected chi connectivity index (χ4v) is 2.33. The van der Waals surface area contributed by atoms with Crippen LogP contribution in [0.4, 0.5) is 11.4 Å². The van der Waals surface area contributed by atoms with Crippen molar-refractivity contribution in [3.05, 3.63) is 33.9 Å². The molecule has 1 aliphatic rings. The maximum atomic E-state index is 12.0. The van der Waals surface area contributed by atoms with Crippen LogP contribution in [0.3, 0.4) is 0 Å². The Hall–Kier alpha value is -2.44. The number of hydrogen-bond acceptors (Lipinski definition) is 6. The quantitative estimate of drug-likeness (QED) is 0.471. The summed E-state index contributed by atoms with van der Waals surface area (Å²) in [7, 11) is 0. The van der Waals surface area contributed by atoms with Crippen molar-refractivity contribution in [3.63, 3.8) is 0 Å². The first-order valence-corrected chi connectivity index (χ1v) is 7.15. The summed E-state index contributed by atoms with van der Waals surface area (Å²) < 4.78 is 4.97. The maximum Gasteiger partial charge on any atom is 0.339 e. The minimum atomic E-state index is -0.871. The number of carbonyl (C=O) groups is 2. The molecule has 118 valence electrons. The molecule has 0 N–H and O–H groups in total. The Bertz CT molecular complexity index is 608. The summed E-state index contributed by atoms with van der Waals surface area (Å²) in [6.07, 6.45) is 1.12. The molecule has 7 heteroatoms. The lowest BCUT2D eigenvalue weighted by Crippen LogP contribution is -2.22. The number of rotatable bonds is 5. The maximum absolute atomic E-state index is 12.0. The molecular formula is C15H18N2O5. The highest BCUT2D eigenvalue weighted by Gasteiger charge is 2.25. The molecular weight excluding hydrogens is 288 g/mol. The second kappa shape index (κ2) is 6.55. The summed E-state index contributed by atoms with van der Waals surface area (Å²) in [4.78, 5) is 35.8. The molecule has 0 aliphatic carbocycles. The third-order valence-corrected chi connectivity index (χ3v) is 3.71. The molecule has 0 amide bonds. The predicted octanol–water partition coefficient (Wildman–Crippen LogP) is 2.33. The van der Waals surface area contributed by atoms with E-state index in [2.05, 4.69) is 0 Å². The minimum Gasteiger partial charge on any atom is -0.451 e. The van der Waals surface area contributed by atoms with Crippen LogP contribution in [0.25, 0.3) is 0 Å². The molecule has 0 spiro atoms. The van der Waals surface area contributed by atoms with E-state index in [-0.39, 0.29) is 17.0 Å². The molecule has 0 radical (unpaired) electrons. The van der Waals surface area contributed by atoms with Gasteiger partial charge in [0, 0.05) is 19.2 Å². The highest BCUT2D eigenvalue weighted by Crippen LogP contribution is 2.31. The van der Waals surface area contributed by atoms with Crippen molar-refractivity contribution in [2.24, 2.45) is 0 Å². The first-order chi connectivity index (χ1) is 10.4. The van der Waals surface area contributed by atoms with E-state index < -0.39 is 17.0 Å². The first-order valence-electron chi connectivity index (χ1n) is 7.15. The Balaban J connectivity index is 2.27. The molecule has 1 atom stereocenters. The van der Waals surface area contributed by atoms with Crippen LogP contribution in [0.15, 0.2) is 18.2 Å². The van der Waals surface area contributed by atoms with Gasteiger partial charge in [-0.3, -0.25) is 14.9 Å². The molecule has 0 unspecified atom stereocenters. The Morgan fingerprint density at radius 1 is 1.32 bits per heavy atom. The van der Waals surface area contributed by atoms with Crippen LogP contribution >= 0.6 is 0 Å². The SMILES string of the molecule is CC(=O)[C@@H](C)OC(=O)c1ccc(N2CCCC2)c([N+](=O)[O-])c1. The van der Waals surface area contributed by atoms with E-state index in [0.717, 1.165) is 25.9 Å². The zero-order valence-corrected chi connectivity index (χ0v) is 12.6. The third-order valence-electron chi connectivity index (χ3n) is 3.71. The number of anilines is 1. The fourth-order valence-electron chi connectivity index (χ4n) is 2.33. The second-order valence-corrected chi connectivity index (χ2v) is 5.31. The number of ketones is 1. The number of nitro groups is 1. The summed E-state index contributed by atoms with van der Waals surface area (Å²) in [6, 6.07) is 4.27. The molecule has 1 fully saturated rings. The van der Waals surface area contributed by atoms with Gasteiger partial charge >= 0.3 is 5.97 Å². The Morgan fingerprint density at radius 2 is 1.95 bits per heavy atom. The van der Waals surface area contributed by atoms with Crippen LogP contribution in [0, 0.1) is 10.1 Å². The number of esters is 1. The molecule has 7 nitrogen and oxygen atoms in total. The van der Waals surface area contributed by atoms with Crippen LogP contribution in [-0.2, 0) is 9.53 Å². The van der Waals surface area contributed by atoms with Gasteiger partial charge in [-0.25, -0.2) is 4.79 Å². The van der Waals surface area contributed by atoms with Gasteiger partial charge in [0.2, 0.25) is 0 Å². The van der Waals surface area contributed by atoms with Crippen molar-refractivity contribution in [3.8, 4) is 0 Å². The lowest BCUT2D eigenvalue weighted by atomic mass is 10.1. The Kier molecular flexibility index (Phi) is 4.75. The number of hydrogen-bond donors (Lipinski definition) is 0. The van der Waals surface area contributed by atoms with Crippen LogP contribution in [0.5, 0.6) is 0 Å². The highest BCUT2D eigenvalue weighted by molar-refractivity contribution is 5.93. The number of Topliss-reactive ketones (excluding diaryl/α,β-unsaturated/α-hetero) is 1. The number of benzene rings is 1.